The first kappa shape index (κ1) is 9.35. The molecule has 0 unspecified atom stereocenters. The van der Waals surface area contributed by atoms with Gasteiger partial charge in [0.1, 0.15) is 0 Å². The summed E-state index contributed by atoms with van der Waals surface area (Å²) in [5.74, 6) is -1.82. The van der Waals surface area contributed by atoms with Gasteiger partial charge < -0.3 is 4.80 Å². The van der Waals surface area contributed by atoms with E-state index >= 15 is 0 Å². The summed E-state index contributed by atoms with van der Waals surface area (Å²) in [5.41, 5.74) is 0. The van der Waals surface area contributed by atoms with Crippen LogP contribution in [0.1, 0.15) is 0 Å². The molecule has 0 fully saturated rings. The van der Waals surface area contributed by atoms with Crippen molar-refractivity contribution in [3.8, 4) is 0 Å². The molecule has 66 valence electrons. The summed E-state index contributed by atoms with van der Waals surface area (Å²) in [6.45, 7) is 3.09. The van der Waals surface area contributed by atoms with Crippen molar-refractivity contribution in [3.63, 3.8) is 0 Å². The second-order valence-corrected chi connectivity index (χ2v) is 6.82. The molecule has 0 heterocycles. The van der Waals surface area contributed by atoms with Gasteiger partial charge in [-0.1, -0.05) is 12.1 Å². The minimum Gasteiger partial charge on any atom is -0.428 e. The van der Waals surface area contributed by atoms with Gasteiger partial charge in [0.25, 0.3) is 0 Å². The topological polar surface area (TPSA) is 20.2 Å². The van der Waals surface area contributed by atoms with Crippen LogP contribution in [0.15, 0.2) is 18.2 Å². The van der Waals surface area contributed by atoms with Gasteiger partial charge in [0.2, 0.25) is 8.32 Å². The van der Waals surface area contributed by atoms with Crippen LogP contribution in [0, 0.1) is 11.6 Å². The molecule has 1 aromatic rings. The predicted molar refractivity (Wildman–Crippen MR) is 45.7 cm³/mol. The second kappa shape index (κ2) is 2.95. The van der Waals surface area contributed by atoms with Crippen molar-refractivity contribution in [1.82, 2.24) is 0 Å². The molecule has 0 saturated carbocycles. The number of hydrogen-bond acceptors (Lipinski definition) is 1. The fraction of sp³-hybridized carbons (Fsp3) is 0.250. The van der Waals surface area contributed by atoms with E-state index in [4.69, 9.17) is 0 Å². The highest BCUT2D eigenvalue weighted by molar-refractivity contribution is 6.83. The third-order valence-electron chi connectivity index (χ3n) is 1.61. The third kappa shape index (κ3) is 1.70. The molecule has 0 saturated heterocycles. The van der Waals surface area contributed by atoms with Crippen molar-refractivity contribution in [2.24, 2.45) is 0 Å². The van der Waals surface area contributed by atoms with E-state index in [1.165, 1.54) is 12.1 Å². The van der Waals surface area contributed by atoms with Crippen molar-refractivity contribution >= 4 is 13.5 Å². The molecule has 0 aliphatic carbocycles. The van der Waals surface area contributed by atoms with Crippen LogP contribution in [0.4, 0.5) is 8.78 Å². The van der Waals surface area contributed by atoms with Crippen molar-refractivity contribution in [3.05, 3.63) is 29.8 Å². The summed E-state index contributed by atoms with van der Waals surface area (Å²) >= 11 is 0. The summed E-state index contributed by atoms with van der Waals surface area (Å²) in [4.78, 5) is 9.53. The lowest BCUT2D eigenvalue weighted by atomic mass is 10.3. The van der Waals surface area contributed by atoms with Crippen molar-refractivity contribution < 1.29 is 13.6 Å². The molecule has 0 bridgehead atoms. The van der Waals surface area contributed by atoms with Crippen LogP contribution in [0.25, 0.3) is 0 Å². The molecular formula is C8H10F2OSi. The molecule has 0 aliphatic rings. The van der Waals surface area contributed by atoms with E-state index < -0.39 is 20.0 Å². The standard InChI is InChI=1S/C8H10F2OSi/c1-12(2,11)7-5-3-4-6(9)8(7)10/h3-5,11H,1-2H3. The fourth-order valence-electron chi connectivity index (χ4n) is 0.976. The van der Waals surface area contributed by atoms with Crippen LogP contribution in [0.3, 0.4) is 0 Å². The molecule has 0 radical (unpaired) electrons. The average Bonchev–Trinajstić information content (AvgIpc) is 1.92. The maximum absolute atomic E-state index is 13.0. The first-order valence-corrected chi connectivity index (χ1v) is 6.54. The largest absolute Gasteiger partial charge is 0.428 e. The monoisotopic (exact) mass is 188 g/mol. The Bertz CT molecular complexity index is 294. The maximum Gasteiger partial charge on any atom is 0.217 e. The van der Waals surface area contributed by atoms with Crippen LogP contribution in [0.5, 0.6) is 0 Å². The Labute approximate surface area is 70.8 Å². The van der Waals surface area contributed by atoms with Crippen LogP contribution >= 0.6 is 0 Å². The van der Waals surface area contributed by atoms with Crippen LogP contribution in [-0.4, -0.2) is 13.1 Å². The zero-order chi connectivity index (χ0) is 9.35. The zero-order valence-corrected chi connectivity index (χ0v) is 7.94. The van der Waals surface area contributed by atoms with Crippen molar-refractivity contribution in [1.29, 1.82) is 0 Å². The highest BCUT2D eigenvalue weighted by atomic mass is 28.4. The van der Waals surface area contributed by atoms with E-state index in [2.05, 4.69) is 0 Å². The first-order chi connectivity index (χ1) is 5.43. The van der Waals surface area contributed by atoms with Crippen molar-refractivity contribution in [2.45, 2.75) is 13.1 Å². The molecule has 1 nitrogen and oxygen atoms in total. The quantitative estimate of drug-likeness (QED) is 0.660. The summed E-state index contributed by atoms with van der Waals surface area (Å²) in [7, 11) is -2.72. The Morgan fingerprint density at radius 2 is 1.83 bits per heavy atom. The Hall–Kier alpha value is -0.743. The highest BCUT2D eigenvalue weighted by Crippen LogP contribution is 2.06. The van der Waals surface area contributed by atoms with Gasteiger partial charge in [-0.05, 0) is 19.2 Å². The Morgan fingerprint density at radius 1 is 1.25 bits per heavy atom. The van der Waals surface area contributed by atoms with Gasteiger partial charge >= 0.3 is 0 Å². The molecule has 0 spiro atoms. The SMILES string of the molecule is C[Si](C)(O)c1cccc(F)c1F. The molecule has 1 N–H and O–H groups in total. The summed E-state index contributed by atoms with van der Waals surface area (Å²) < 4.78 is 25.6. The third-order valence-corrected chi connectivity index (χ3v) is 3.32. The van der Waals surface area contributed by atoms with E-state index in [0.29, 0.717) is 0 Å². The number of benzene rings is 1. The van der Waals surface area contributed by atoms with Gasteiger partial charge in [-0.3, -0.25) is 0 Å². The molecule has 12 heavy (non-hydrogen) atoms. The van der Waals surface area contributed by atoms with Gasteiger partial charge in [-0.15, -0.1) is 0 Å². The van der Waals surface area contributed by atoms with Crippen LogP contribution < -0.4 is 5.19 Å². The molecule has 1 aromatic carbocycles. The smallest absolute Gasteiger partial charge is 0.217 e. The molecule has 0 atom stereocenters. The van der Waals surface area contributed by atoms with E-state index in [1.807, 2.05) is 0 Å². The number of halogens is 2. The highest BCUT2D eigenvalue weighted by Gasteiger charge is 2.25. The number of hydrogen-bond donors (Lipinski definition) is 1. The Kier molecular flexibility index (Phi) is 2.30. The van der Waals surface area contributed by atoms with Gasteiger partial charge in [-0.2, -0.15) is 0 Å². The second-order valence-electron chi connectivity index (χ2n) is 3.16. The number of rotatable bonds is 1. The van der Waals surface area contributed by atoms with Gasteiger partial charge in [0, 0.05) is 5.19 Å². The minimum atomic E-state index is -2.72. The molecule has 0 aliphatic heterocycles. The molecule has 0 aromatic heterocycles. The minimum absolute atomic E-state index is 0.113. The summed E-state index contributed by atoms with van der Waals surface area (Å²) in [6.07, 6.45) is 0. The Morgan fingerprint density at radius 3 is 2.25 bits per heavy atom. The summed E-state index contributed by atoms with van der Waals surface area (Å²) in [5, 5.41) is 0.113. The average molecular weight is 188 g/mol. The fourth-order valence-corrected chi connectivity index (χ4v) is 2.14. The normalized spacial score (nSPS) is 11.8. The molecular weight excluding hydrogens is 178 g/mol. The Balaban J connectivity index is 3.26. The van der Waals surface area contributed by atoms with E-state index in [0.717, 1.165) is 6.07 Å². The van der Waals surface area contributed by atoms with E-state index in [9.17, 15) is 13.6 Å². The van der Waals surface area contributed by atoms with Gasteiger partial charge in [-0.25, -0.2) is 8.78 Å². The lowest BCUT2D eigenvalue weighted by Gasteiger charge is -2.15. The molecule has 0 amide bonds. The van der Waals surface area contributed by atoms with E-state index in [1.54, 1.807) is 13.1 Å². The van der Waals surface area contributed by atoms with Crippen LogP contribution in [-0.2, 0) is 0 Å². The molecule has 1 rings (SSSR count). The zero-order valence-electron chi connectivity index (χ0n) is 6.94. The van der Waals surface area contributed by atoms with E-state index in [-0.39, 0.29) is 5.19 Å². The maximum atomic E-state index is 13.0. The molecule has 4 heteroatoms. The summed E-state index contributed by atoms with van der Waals surface area (Å²) in [6, 6.07) is 3.86. The first-order valence-electron chi connectivity index (χ1n) is 3.60. The van der Waals surface area contributed by atoms with Crippen molar-refractivity contribution in [2.75, 3.05) is 0 Å². The lowest BCUT2D eigenvalue weighted by Crippen LogP contribution is -2.43. The van der Waals surface area contributed by atoms with Gasteiger partial charge in [0.15, 0.2) is 11.6 Å². The lowest BCUT2D eigenvalue weighted by molar-refractivity contribution is 0.506. The van der Waals surface area contributed by atoms with Gasteiger partial charge in [0.05, 0.1) is 0 Å². The predicted octanol–water partition coefficient (Wildman–Crippen LogP) is 1.37. The van der Waals surface area contributed by atoms with Crippen LogP contribution in [0.2, 0.25) is 13.1 Å².